The number of aliphatic carboxylic acids is 1. The van der Waals surface area contributed by atoms with E-state index in [2.05, 4.69) is 5.32 Å². The molecular weight excluding hydrogens is 212 g/mol. The number of amides is 1. The Morgan fingerprint density at radius 3 is 2.69 bits per heavy atom. The second-order valence-electron chi connectivity index (χ2n) is 4.38. The first-order valence-corrected chi connectivity index (χ1v) is 5.54. The van der Waals surface area contributed by atoms with Crippen molar-refractivity contribution in [3.05, 3.63) is 0 Å². The zero-order valence-corrected chi connectivity index (χ0v) is 8.93. The van der Waals surface area contributed by atoms with Crippen molar-refractivity contribution in [3.8, 4) is 0 Å². The van der Waals surface area contributed by atoms with E-state index < -0.39 is 18.1 Å². The highest BCUT2D eigenvalue weighted by atomic mass is 16.4. The molecule has 2 aliphatic heterocycles. The maximum absolute atomic E-state index is 12.0. The summed E-state index contributed by atoms with van der Waals surface area (Å²) in [5.41, 5.74) is 0. The average molecular weight is 228 g/mol. The second kappa shape index (κ2) is 4.39. The van der Waals surface area contributed by atoms with Gasteiger partial charge in [-0.25, -0.2) is 4.79 Å². The molecule has 0 aliphatic carbocycles. The van der Waals surface area contributed by atoms with Crippen LogP contribution in [0.3, 0.4) is 0 Å². The minimum absolute atomic E-state index is 0.133. The van der Waals surface area contributed by atoms with Gasteiger partial charge in [-0.3, -0.25) is 4.79 Å². The number of rotatable bonds is 2. The third-order valence-corrected chi connectivity index (χ3v) is 3.21. The number of carboxylic acids is 1. The van der Waals surface area contributed by atoms with E-state index in [0.717, 1.165) is 19.4 Å². The molecule has 0 radical (unpaired) electrons. The molecule has 0 unspecified atom stereocenters. The van der Waals surface area contributed by atoms with Crippen molar-refractivity contribution < 1.29 is 19.8 Å². The van der Waals surface area contributed by atoms with Gasteiger partial charge in [0.25, 0.3) is 0 Å². The molecule has 2 heterocycles. The van der Waals surface area contributed by atoms with Gasteiger partial charge in [0.05, 0.1) is 12.1 Å². The van der Waals surface area contributed by atoms with Gasteiger partial charge in [0.1, 0.15) is 6.04 Å². The Kier molecular flexibility index (Phi) is 3.11. The number of nitrogens with zero attached hydrogens (tertiary/aromatic N) is 1. The molecule has 0 aromatic heterocycles. The molecule has 16 heavy (non-hydrogen) atoms. The molecular formula is C10H16N2O4. The van der Waals surface area contributed by atoms with E-state index in [1.807, 2.05) is 0 Å². The minimum Gasteiger partial charge on any atom is -0.480 e. The summed E-state index contributed by atoms with van der Waals surface area (Å²) in [6, 6.07) is -1.14. The molecule has 2 aliphatic rings. The van der Waals surface area contributed by atoms with E-state index >= 15 is 0 Å². The quantitative estimate of drug-likeness (QED) is 0.551. The molecule has 3 atom stereocenters. The van der Waals surface area contributed by atoms with Crippen molar-refractivity contribution in [1.29, 1.82) is 0 Å². The van der Waals surface area contributed by atoms with Crippen LogP contribution in [0.25, 0.3) is 0 Å². The first-order valence-electron chi connectivity index (χ1n) is 5.54. The first kappa shape index (κ1) is 11.3. The fourth-order valence-electron chi connectivity index (χ4n) is 2.39. The summed E-state index contributed by atoms with van der Waals surface area (Å²) in [6.07, 6.45) is 1.10. The van der Waals surface area contributed by atoms with E-state index in [0.29, 0.717) is 0 Å². The normalized spacial score (nSPS) is 34.3. The van der Waals surface area contributed by atoms with Gasteiger partial charge in [0, 0.05) is 13.0 Å². The number of carbonyl (C=O) groups is 2. The molecule has 2 saturated heterocycles. The molecule has 0 spiro atoms. The van der Waals surface area contributed by atoms with Crippen molar-refractivity contribution in [2.75, 3.05) is 13.1 Å². The lowest BCUT2D eigenvalue weighted by Crippen LogP contribution is -2.48. The zero-order valence-electron chi connectivity index (χ0n) is 8.93. The predicted octanol–water partition coefficient (Wildman–Crippen LogP) is -1.22. The third-order valence-electron chi connectivity index (χ3n) is 3.21. The summed E-state index contributed by atoms with van der Waals surface area (Å²) in [6.45, 7) is 0.929. The largest absolute Gasteiger partial charge is 0.480 e. The molecule has 6 heteroatoms. The van der Waals surface area contributed by atoms with Gasteiger partial charge in [-0.2, -0.15) is 0 Å². The van der Waals surface area contributed by atoms with Gasteiger partial charge >= 0.3 is 5.97 Å². The van der Waals surface area contributed by atoms with Crippen molar-refractivity contribution in [1.82, 2.24) is 10.2 Å². The Bertz CT molecular complexity index is 301. The maximum Gasteiger partial charge on any atom is 0.326 e. The minimum atomic E-state index is -1.04. The lowest BCUT2D eigenvalue weighted by Gasteiger charge is -2.24. The number of carbonyl (C=O) groups excluding carboxylic acids is 1. The van der Waals surface area contributed by atoms with E-state index in [-0.39, 0.29) is 24.9 Å². The van der Waals surface area contributed by atoms with Crippen LogP contribution in [-0.2, 0) is 9.59 Å². The summed E-state index contributed by atoms with van der Waals surface area (Å²) < 4.78 is 0. The summed E-state index contributed by atoms with van der Waals surface area (Å²) in [7, 11) is 0. The van der Waals surface area contributed by atoms with Crippen LogP contribution in [0.2, 0.25) is 0 Å². The lowest BCUT2D eigenvalue weighted by molar-refractivity contribution is -0.148. The maximum atomic E-state index is 12.0. The summed E-state index contributed by atoms with van der Waals surface area (Å²) in [5.74, 6) is -1.23. The van der Waals surface area contributed by atoms with Crippen LogP contribution in [0, 0.1) is 0 Å². The van der Waals surface area contributed by atoms with Crippen molar-refractivity contribution in [2.24, 2.45) is 0 Å². The van der Waals surface area contributed by atoms with E-state index in [1.54, 1.807) is 0 Å². The molecule has 0 aromatic rings. The molecule has 90 valence electrons. The molecule has 3 N–H and O–H groups in total. The molecule has 2 rings (SSSR count). The average Bonchev–Trinajstić information content (AvgIpc) is 2.84. The fourth-order valence-corrected chi connectivity index (χ4v) is 2.39. The SMILES string of the molecule is O=C(O)[C@@H]1C[C@@H](O)CN1C(=O)[C@@H]1CCCN1. The Labute approximate surface area is 93.2 Å². The first-order chi connectivity index (χ1) is 7.59. The molecule has 2 fully saturated rings. The third kappa shape index (κ3) is 2.03. The summed E-state index contributed by atoms with van der Waals surface area (Å²) in [4.78, 5) is 24.2. The predicted molar refractivity (Wildman–Crippen MR) is 54.8 cm³/mol. The number of likely N-dealkylation sites (tertiary alicyclic amines) is 1. The monoisotopic (exact) mass is 228 g/mol. The molecule has 1 amide bonds. The van der Waals surface area contributed by atoms with Gasteiger partial charge in [-0.15, -0.1) is 0 Å². The zero-order chi connectivity index (χ0) is 11.7. The molecule has 6 nitrogen and oxygen atoms in total. The summed E-state index contributed by atoms with van der Waals surface area (Å²) in [5, 5.41) is 21.4. The standard InChI is InChI=1S/C10H16N2O4/c13-6-4-8(10(15)16)12(5-6)9(14)7-2-1-3-11-7/h6-8,11,13H,1-5H2,(H,15,16)/t6-,7+,8+/m1/s1. The highest BCUT2D eigenvalue weighted by molar-refractivity contribution is 5.87. The van der Waals surface area contributed by atoms with Crippen LogP contribution in [-0.4, -0.2) is 58.3 Å². The number of β-amino-alcohol motifs (C(OH)–C–C–N with tert-alkyl or cyclic N) is 1. The molecule has 0 saturated carbocycles. The second-order valence-corrected chi connectivity index (χ2v) is 4.38. The van der Waals surface area contributed by atoms with E-state index in [1.165, 1.54) is 4.90 Å². The Hall–Kier alpha value is -1.14. The van der Waals surface area contributed by atoms with Crippen molar-refractivity contribution in [2.45, 2.75) is 37.5 Å². The van der Waals surface area contributed by atoms with Crippen LogP contribution in [0.4, 0.5) is 0 Å². The molecule has 0 aromatic carbocycles. The summed E-state index contributed by atoms with van der Waals surface area (Å²) >= 11 is 0. The van der Waals surface area contributed by atoms with Crippen LogP contribution >= 0.6 is 0 Å². The Morgan fingerprint density at radius 2 is 2.12 bits per heavy atom. The lowest BCUT2D eigenvalue weighted by atomic mass is 10.1. The number of carboxylic acid groups (broad SMARTS) is 1. The smallest absolute Gasteiger partial charge is 0.326 e. The van der Waals surface area contributed by atoms with Gasteiger partial charge in [0.15, 0.2) is 0 Å². The van der Waals surface area contributed by atoms with Crippen LogP contribution in [0.1, 0.15) is 19.3 Å². The van der Waals surface area contributed by atoms with Gasteiger partial charge in [-0.05, 0) is 19.4 Å². The topological polar surface area (TPSA) is 89.9 Å². The Morgan fingerprint density at radius 1 is 1.38 bits per heavy atom. The highest BCUT2D eigenvalue weighted by Gasteiger charge is 2.41. The number of aliphatic hydroxyl groups excluding tert-OH is 1. The van der Waals surface area contributed by atoms with Gasteiger partial charge in [0.2, 0.25) is 5.91 Å². The number of hydrogen-bond acceptors (Lipinski definition) is 4. The van der Waals surface area contributed by atoms with E-state index in [4.69, 9.17) is 5.11 Å². The van der Waals surface area contributed by atoms with Crippen molar-refractivity contribution in [3.63, 3.8) is 0 Å². The molecule has 0 bridgehead atoms. The fraction of sp³-hybridized carbons (Fsp3) is 0.800. The van der Waals surface area contributed by atoms with Crippen LogP contribution in [0.15, 0.2) is 0 Å². The Balaban J connectivity index is 2.06. The van der Waals surface area contributed by atoms with E-state index in [9.17, 15) is 14.7 Å². The number of aliphatic hydroxyl groups is 1. The van der Waals surface area contributed by atoms with Crippen LogP contribution in [0.5, 0.6) is 0 Å². The van der Waals surface area contributed by atoms with Crippen molar-refractivity contribution >= 4 is 11.9 Å². The van der Waals surface area contributed by atoms with Gasteiger partial charge in [-0.1, -0.05) is 0 Å². The highest BCUT2D eigenvalue weighted by Crippen LogP contribution is 2.21. The van der Waals surface area contributed by atoms with Gasteiger partial charge < -0.3 is 20.4 Å². The van der Waals surface area contributed by atoms with Crippen LogP contribution < -0.4 is 5.32 Å². The number of hydrogen-bond donors (Lipinski definition) is 3. The number of nitrogens with one attached hydrogen (secondary N) is 1.